The van der Waals surface area contributed by atoms with Gasteiger partial charge in [0.05, 0.1) is 22.5 Å². The zero-order valence-electron chi connectivity index (χ0n) is 10.0. The van der Waals surface area contributed by atoms with Crippen LogP contribution in [0.25, 0.3) is 5.65 Å². The van der Waals surface area contributed by atoms with E-state index in [4.69, 9.17) is 5.26 Å². The Labute approximate surface area is 114 Å². The van der Waals surface area contributed by atoms with Crippen LogP contribution in [0.2, 0.25) is 0 Å². The molecule has 0 aliphatic carbocycles. The topological polar surface area (TPSA) is 54.0 Å². The Balaban J connectivity index is 1.77. The molecular formula is C14H10N4S. The SMILES string of the molecule is N#Cc1ccc(SCc2cnc3ccccn23)nc1. The summed E-state index contributed by atoms with van der Waals surface area (Å²) in [6, 6.07) is 11.7. The summed E-state index contributed by atoms with van der Waals surface area (Å²) in [6.45, 7) is 0. The van der Waals surface area contributed by atoms with Crippen molar-refractivity contribution in [3.63, 3.8) is 0 Å². The van der Waals surface area contributed by atoms with Crippen LogP contribution in [0.3, 0.4) is 0 Å². The van der Waals surface area contributed by atoms with Crippen LogP contribution >= 0.6 is 11.8 Å². The van der Waals surface area contributed by atoms with Gasteiger partial charge in [-0.2, -0.15) is 5.26 Å². The summed E-state index contributed by atoms with van der Waals surface area (Å²) in [5.41, 5.74) is 2.66. The lowest BCUT2D eigenvalue weighted by atomic mass is 10.3. The van der Waals surface area contributed by atoms with Gasteiger partial charge in [0.15, 0.2) is 0 Å². The van der Waals surface area contributed by atoms with Crippen LogP contribution in [0.1, 0.15) is 11.3 Å². The maximum Gasteiger partial charge on any atom is 0.136 e. The van der Waals surface area contributed by atoms with Crippen molar-refractivity contribution < 1.29 is 0 Å². The number of imidazole rings is 1. The summed E-state index contributed by atoms with van der Waals surface area (Å²) in [7, 11) is 0. The monoisotopic (exact) mass is 266 g/mol. The third-order valence-corrected chi connectivity index (χ3v) is 3.70. The van der Waals surface area contributed by atoms with E-state index < -0.39 is 0 Å². The zero-order valence-corrected chi connectivity index (χ0v) is 10.8. The third-order valence-electron chi connectivity index (χ3n) is 2.73. The minimum Gasteiger partial charge on any atom is -0.303 e. The molecule has 0 radical (unpaired) electrons. The average molecular weight is 266 g/mol. The standard InChI is InChI=1S/C14H10N4S/c15-7-11-4-5-14(17-8-11)19-10-12-9-16-13-3-1-2-6-18(12)13/h1-6,8-9H,10H2. The fourth-order valence-electron chi connectivity index (χ4n) is 1.77. The molecule has 0 N–H and O–H groups in total. The molecule has 4 nitrogen and oxygen atoms in total. The summed E-state index contributed by atoms with van der Waals surface area (Å²) in [4.78, 5) is 8.58. The molecule has 3 aromatic heterocycles. The lowest BCUT2D eigenvalue weighted by molar-refractivity contribution is 1.08. The van der Waals surface area contributed by atoms with E-state index in [0.29, 0.717) is 5.56 Å². The van der Waals surface area contributed by atoms with Crippen molar-refractivity contribution >= 4 is 17.4 Å². The molecule has 3 heterocycles. The number of thioether (sulfide) groups is 1. The van der Waals surface area contributed by atoms with E-state index in [1.54, 1.807) is 24.0 Å². The molecule has 3 aromatic rings. The summed E-state index contributed by atoms with van der Waals surface area (Å²) >= 11 is 1.63. The summed E-state index contributed by atoms with van der Waals surface area (Å²) < 4.78 is 2.07. The first-order valence-corrected chi connectivity index (χ1v) is 6.75. The lowest BCUT2D eigenvalue weighted by Crippen LogP contribution is -1.90. The van der Waals surface area contributed by atoms with Gasteiger partial charge >= 0.3 is 0 Å². The van der Waals surface area contributed by atoms with Gasteiger partial charge in [0.2, 0.25) is 0 Å². The van der Waals surface area contributed by atoms with Crippen molar-refractivity contribution in [2.45, 2.75) is 10.8 Å². The van der Waals surface area contributed by atoms with E-state index in [1.807, 2.05) is 36.7 Å². The van der Waals surface area contributed by atoms with Crippen LogP contribution in [0, 0.1) is 11.3 Å². The molecule has 0 atom stereocenters. The second-order valence-corrected chi connectivity index (χ2v) is 4.96. The fourth-order valence-corrected chi connectivity index (χ4v) is 2.57. The van der Waals surface area contributed by atoms with Crippen LogP contribution in [0.15, 0.2) is 53.9 Å². The second-order valence-electron chi connectivity index (χ2n) is 3.96. The molecule has 19 heavy (non-hydrogen) atoms. The number of nitrogens with zero attached hydrogens (tertiary/aromatic N) is 4. The molecule has 0 saturated heterocycles. The van der Waals surface area contributed by atoms with Crippen molar-refractivity contribution in [3.8, 4) is 6.07 Å². The highest BCUT2D eigenvalue weighted by molar-refractivity contribution is 7.98. The molecule has 0 saturated carbocycles. The minimum absolute atomic E-state index is 0.583. The van der Waals surface area contributed by atoms with Crippen molar-refractivity contribution in [2.24, 2.45) is 0 Å². The minimum atomic E-state index is 0.583. The van der Waals surface area contributed by atoms with Gasteiger partial charge in [-0.25, -0.2) is 9.97 Å². The predicted octanol–water partition coefficient (Wildman–Crippen LogP) is 2.89. The molecule has 0 bridgehead atoms. The molecule has 92 valence electrons. The molecule has 0 unspecified atom stereocenters. The zero-order chi connectivity index (χ0) is 13.1. The Hall–Kier alpha value is -2.32. The maximum atomic E-state index is 8.72. The third kappa shape index (κ3) is 2.44. The number of rotatable bonds is 3. The first-order chi connectivity index (χ1) is 9.36. The van der Waals surface area contributed by atoms with Crippen LogP contribution in [-0.2, 0) is 5.75 Å². The Bertz CT molecular complexity index is 740. The predicted molar refractivity (Wildman–Crippen MR) is 73.7 cm³/mol. The van der Waals surface area contributed by atoms with Gasteiger partial charge in [0, 0.05) is 18.1 Å². The molecule has 0 aliphatic heterocycles. The summed E-state index contributed by atoms with van der Waals surface area (Å²) in [5, 5.41) is 9.63. The molecular weight excluding hydrogens is 256 g/mol. The maximum absolute atomic E-state index is 8.72. The average Bonchev–Trinajstić information content (AvgIpc) is 2.89. The quantitative estimate of drug-likeness (QED) is 0.684. The second kappa shape index (κ2) is 5.12. The first-order valence-electron chi connectivity index (χ1n) is 5.77. The highest BCUT2D eigenvalue weighted by atomic mass is 32.2. The van der Waals surface area contributed by atoms with Crippen LogP contribution < -0.4 is 0 Å². The van der Waals surface area contributed by atoms with Gasteiger partial charge in [-0.05, 0) is 24.3 Å². The van der Waals surface area contributed by atoms with Crippen molar-refractivity contribution in [1.82, 2.24) is 14.4 Å². The fraction of sp³-hybridized carbons (Fsp3) is 0.0714. The van der Waals surface area contributed by atoms with Gasteiger partial charge in [-0.1, -0.05) is 6.07 Å². The van der Waals surface area contributed by atoms with Crippen molar-refractivity contribution in [1.29, 1.82) is 5.26 Å². The highest BCUT2D eigenvalue weighted by Gasteiger charge is 2.04. The molecule has 0 aromatic carbocycles. The Kier molecular flexibility index (Phi) is 3.17. The van der Waals surface area contributed by atoms with E-state index >= 15 is 0 Å². The Morgan fingerprint density at radius 1 is 1.16 bits per heavy atom. The van der Waals surface area contributed by atoms with Crippen molar-refractivity contribution in [2.75, 3.05) is 0 Å². The number of nitriles is 1. The molecule has 0 fully saturated rings. The lowest BCUT2D eigenvalue weighted by Gasteiger charge is -2.01. The molecule has 3 rings (SSSR count). The first kappa shape index (κ1) is 11.8. The van der Waals surface area contributed by atoms with Gasteiger partial charge < -0.3 is 4.40 Å². The van der Waals surface area contributed by atoms with Crippen LogP contribution in [-0.4, -0.2) is 14.4 Å². The number of aromatic nitrogens is 3. The number of hydrogen-bond donors (Lipinski definition) is 0. The van der Waals surface area contributed by atoms with Gasteiger partial charge in [-0.15, -0.1) is 11.8 Å². The smallest absolute Gasteiger partial charge is 0.136 e. The van der Waals surface area contributed by atoms with E-state index in [0.717, 1.165) is 22.1 Å². The largest absolute Gasteiger partial charge is 0.303 e. The number of pyridine rings is 2. The van der Waals surface area contributed by atoms with Gasteiger partial charge in [-0.3, -0.25) is 0 Å². The summed E-state index contributed by atoms with van der Waals surface area (Å²) in [6.07, 6.45) is 5.48. The van der Waals surface area contributed by atoms with E-state index in [9.17, 15) is 0 Å². The van der Waals surface area contributed by atoms with Gasteiger partial charge in [0.1, 0.15) is 11.7 Å². The molecule has 5 heteroatoms. The van der Waals surface area contributed by atoms with E-state index in [1.165, 1.54) is 0 Å². The highest BCUT2D eigenvalue weighted by Crippen LogP contribution is 2.21. The summed E-state index contributed by atoms with van der Waals surface area (Å²) in [5.74, 6) is 0.796. The van der Waals surface area contributed by atoms with Crippen LogP contribution in [0.5, 0.6) is 0 Å². The Morgan fingerprint density at radius 2 is 2.11 bits per heavy atom. The molecule has 0 spiro atoms. The molecule has 0 aliphatic rings. The molecule has 0 amide bonds. The Morgan fingerprint density at radius 3 is 2.89 bits per heavy atom. The van der Waals surface area contributed by atoms with Crippen molar-refractivity contribution in [3.05, 3.63) is 60.2 Å². The number of hydrogen-bond acceptors (Lipinski definition) is 4. The number of fused-ring (bicyclic) bond motifs is 1. The van der Waals surface area contributed by atoms with E-state index in [-0.39, 0.29) is 0 Å². The van der Waals surface area contributed by atoms with E-state index in [2.05, 4.69) is 20.4 Å². The van der Waals surface area contributed by atoms with Gasteiger partial charge in [0.25, 0.3) is 0 Å². The van der Waals surface area contributed by atoms with Crippen LogP contribution in [0.4, 0.5) is 0 Å². The normalized spacial score (nSPS) is 10.5.